The molecule has 0 saturated carbocycles. The second kappa shape index (κ2) is 18.6. The van der Waals surface area contributed by atoms with Crippen molar-refractivity contribution in [3.63, 3.8) is 0 Å². The number of likely N-dealkylation sites (N-methyl/N-ethyl adjacent to an activating group) is 1. The summed E-state index contributed by atoms with van der Waals surface area (Å²) < 4.78 is 36.1. The van der Waals surface area contributed by atoms with Crippen molar-refractivity contribution in [3.8, 4) is 0 Å². The van der Waals surface area contributed by atoms with Gasteiger partial charge in [0.15, 0.2) is 12.6 Å². The fourth-order valence-corrected chi connectivity index (χ4v) is 7.04. The van der Waals surface area contributed by atoms with E-state index >= 15 is 0 Å². The van der Waals surface area contributed by atoms with Crippen molar-refractivity contribution in [3.05, 3.63) is 24.3 Å². The molecule has 2 fully saturated rings. The molecule has 0 aromatic rings. The fraction of sp³-hybridized carbons (Fsp3) is 0.829. The molecule has 5 N–H and O–H groups in total. The average Bonchev–Trinajstić information content (AvgIpc) is 3.00. The average molecular weight is 702 g/mol. The van der Waals surface area contributed by atoms with Gasteiger partial charge in [-0.05, 0) is 60.0 Å². The van der Waals surface area contributed by atoms with E-state index in [9.17, 15) is 35.1 Å². The molecule has 16 unspecified atom stereocenters. The van der Waals surface area contributed by atoms with Crippen LogP contribution in [0.1, 0.15) is 66.7 Å². The third-order valence-electron chi connectivity index (χ3n) is 9.83. The van der Waals surface area contributed by atoms with Crippen molar-refractivity contribution in [2.45, 2.75) is 152 Å². The molecule has 3 rings (SSSR count). The summed E-state index contributed by atoms with van der Waals surface area (Å²) in [7, 11) is 4.86. The van der Waals surface area contributed by atoms with Gasteiger partial charge in [-0.25, -0.2) is 0 Å². The maximum Gasteiger partial charge on any atom is 0.308 e. The Bertz CT molecular complexity index is 1100. The molecule has 0 radical (unpaired) electrons. The van der Waals surface area contributed by atoms with Crippen LogP contribution in [-0.2, 0) is 38.0 Å². The van der Waals surface area contributed by atoms with Gasteiger partial charge >= 0.3 is 5.97 Å². The van der Waals surface area contributed by atoms with Gasteiger partial charge in [0.2, 0.25) is 0 Å². The monoisotopic (exact) mass is 701 g/mol. The third kappa shape index (κ3) is 11.1. The van der Waals surface area contributed by atoms with Crippen molar-refractivity contribution in [2.75, 3.05) is 21.2 Å². The number of carbonyl (C=O) groups excluding carboxylic acids is 2. The molecule has 14 heteroatoms. The number of nitrogens with zero attached hydrogens (tertiary/aromatic N) is 1. The maximum atomic E-state index is 12.8. The van der Waals surface area contributed by atoms with Crippen LogP contribution in [0.5, 0.6) is 0 Å². The first-order valence-electron chi connectivity index (χ1n) is 17.2. The van der Waals surface area contributed by atoms with Gasteiger partial charge < -0.3 is 63.6 Å². The minimum Gasteiger partial charge on any atom is -0.462 e. The highest BCUT2D eigenvalue weighted by atomic mass is 16.7. The van der Waals surface area contributed by atoms with Crippen LogP contribution in [0.2, 0.25) is 0 Å². The van der Waals surface area contributed by atoms with Gasteiger partial charge in [-0.3, -0.25) is 4.79 Å². The topological polar surface area (TPSA) is 194 Å². The Hall–Kier alpha value is -1.82. The second-order valence-corrected chi connectivity index (χ2v) is 14.3. The van der Waals surface area contributed by atoms with Crippen LogP contribution in [0.4, 0.5) is 0 Å². The Labute approximate surface area is 289 Å². The Balaban J connectivity index is 1.94. The van der Waals surface area contributed by atoms with E-state index in [1.807, 2.05) is 13.0 Å². The lowest BCUT2D eigenvalue weighted by atomic mass is 9.82. The van der Waals surface area contributed by atoms with Gasteiger partial charge in [0.1, 0.15) is 36.8 Å². The van der Waals surface area contributed by atoms with Crippen LogP contribution in [-0.4, -0.2) is 149 Å². The molecule has 0 aromatic carbocycles. The zero-order valence-corrected chi connectivity index (χ0v) is 30.0. The van der Waals surface area contributed by atoms with E-state index < -0.39 is 104 Å². The first kappa shape index (κ1) is 41.6. The number of hydrogen-bond acceptors (Lipinski definition) is 14. The highest BCUT2D eigenvalue weighted by Crippen LogP contribution is 2.36. The number of allylic oxidation sites excluding steroid dienone is 2. The van der Waals surface area contributed by atoms with Crippen LogP contribution < -0.4 is 0 Å². The zero-order valence-electron chi connectivity index (χ0n) is 30.0. The summed E-state index contributed by atoms with van der Waals surface area (Å²) in [4.78, 5) is 26.6. The molecule has 3 aliphatic rings. The molecule has 16 atom stereocenters. The van der Waals surface area contributed by atoms with Crippen LogP contribution in [0, 0.1) is 11.8 Å². The fourth-order valence-electron chi connectivity index (χ4n) is 7.04. The number of aliphatic hydroxyl groups is 5. The highest BCUT2D eigenvalue weighted by molar-refractivity contribution is 5.70. The quantitative estimate of drug-likeness (QED) is 0.177. The molecule has 0 bridgehead atoms. The maximum absolute atomic E-state index is 12.8. The number of esters is 1. The van der Waals surface area contributed by atoms with Crippen molar-refractivity contribution in [1.29, 1.82) is 0 Å². The summed E-state index contributed by atoms with van der Waals surface area (Å²) in [6.45, 7) is 8.44. The minimum atomic E-state index is -1.46. The molecular weight excluding hydrogens is 642 g/mol. The van der Waals surface area contributed by atoms with E-state index in [1.54, 1.807) is 58.0 Å². The van der Waals surface area contributed by atoms with Crippen molar-refractivity contribution >= 4 is 12.3 Å². The van der Waals surface area contributed by atoms with E-state index in [1.165, 1.54) is 14.0 Å². The normalized spacial score (nSPS) is 46.2. The van der Waals surface area contributed by atoms with Crippen LogP contribution in [0.15, 0.2) is 24.3 Å². The molecule has 282 valence electrons. The molecule has 0 aromatic heterocycles. The van der Waals surface area contributed by atoms with E-state index in [0.29, 0.717) is 6.42 Å². The Kier molecular flexibility index (Phi) is 15.8. The minimum absolute atomic E-state index is 0.0164. The molecule has 0 aliphatic carbocycles. The number of carbonyl (C=O) groups is 2. The van der Waals surface area contributed by atoms with Crippen LogP contribution >= 0.6 is 0 Å². The summed E-state index contributed by atoms with van der Waals surface area (Å²) in [5.74, 6) is -1.64. The molecular formula is C35H59NO13. The Morgan fingerprint density at radius 1 is 1.00 bits per heavy atom. The van der Waals surface area contributed by atoms with Gasteiger partial charge in [0.25, 0.3) is 0 Å². The number of aliphatic hydroxyl groups excluding tert-OH is 4. The number of aldehydes is 1. The molecule has 0 spiro atoms. The van der Waals surface area contributed by atoms with Crippen molar-refractivity contribution in [1.82, 2.24) is 4.90 Å². The summed E-state index contributed by atoms with van der Waals surface area (Å²) in [5.41, 5.74) is -1.46. The van der Waals surface area contributed by atoms with Crippen LogP contribution in [0.3, 0.4) is 0 Å². The second-order valence-electron chi connectivity index (χ2n) is 14.3. The van der Waals surface area contributed by atoms with Crippen molar-refractivity contribution in [2.24, 2.45) is 11.8 Å². The predicted molar refractivity (Wildman–Crippen MR) is 177 cm³/mol. The Morgan fingerprint density at radius 2 is 1.69 bits per heavy atom. The first-order chi connectivity index (χ1) is 23.0. The largest absolute Gasteiger partial charge is 0.462 e. The van der Waals surface area contributed by atoms with E-state index in [2.05, 4.69) is 0 Å². The molecule has 2 saturated heterocycles. The number of methoxy groups -OCH3 is 1. The molecule has 3 heterocycles. The number of cyclic esters (lactones) is 1. The molecule has 14 nitrogen and oxygen atoms in total. The molecule has 49 heavy (non-hydrogen) atoms. The smallest absolute Gasteiger partial charge is 0.308 e. The van der Waals surface area contributed by atoms with E-state index in [-0.39, 0.29) is 25.2 Å². The molecule has 3 aliphatic heterocycles. The van der Waals surface area contributed by atoms with Gasteiger partial charge in [0, 0.05) is 26.4 Å². The lowest BCUT2D eigenvalue weighted by molar-refractivity contribution is -0.344. The lowest BCUT2D eigenvalue weighted by Gasteiger charge is -2.50. The lowest BCUT2D eigenvalue weighted by Crippen LogP contribution is -2.65. The van der Waals surface area contributed by atoms with E-state index in [4.69, 9.17) is 28.4 Å². The zero-order chi connectivity index (χ0) is 36.6. The molecule has 0 amide bonds. The van der Waals surface area contributed by atoms with Gasteiger partial charge in [-0.2, -0.15) is 0 Å². The standard InChI is InChI=1S/C35H59NO13/c1-19-16-23(14-15-37)31(32(44-8)25(39)17-26(40)45-20(2)12-10-9-11-13-24(19)38)49-34-29(41)28(36(6)7)30(21(3)47-34)48-27-18-35(5,43)33(42)22(4)46-27/h9-11,13,15,19-25,27-34,38-39,41-43H,12,14,16-18H2,1-8H3/b10-9-,13-11+. The third-order valence-corrected chi connectivity index (χ3v) is 9.83. The first-order valence-corrected chi connectivity index (χ1v) is 17.2. The number of rotatable bonds is 8. The summed E-state index contributed by atoms with van der Waals surface area (Å²) in [6, 6.07) is -0.721. The summed E-state index contributed by atoms with van der Waals surface area (Å²) in [5, 5.41) is 55.2. The SMILES string of the molecule is COC1C(O)CC(=O)OC(C)C/C=C\C=C\C(O)C(C)CC(CC=O)C1OC1OC(C)C(OC2CC(C)(O)C(O)C(C)O2)C(N(C)C)C1O. The number of hydrogen-bond donors (Lipinski definition) is 5. The number of ether oxygens (including phenoxy) is 6. The van der Waals surface area contributed by atoms with Gasteiger partial charge in [-0.1, -0.05) is 31.2 Å². The predicted octanol–water partition coefficient (Wildman–Crippen LogP) is 0.846. The summed E-state index contributed by atoms with van der Waals surface area (Å²) in [6.07, 6.45) is -4.00. The van der Waals surface area contributed by atoms with Gasteiger partial charge in [-0.15, -0.1) is 0 Å². The van der Waals surface area contributed by atoms with Crippen LogP contribution in [0.25, 0.3) is 0 Å². The highest BCUT2D eigenvalue weighted by Gasteiger charge is 2.51. The summed E-state index contributed by atoms with van der Waals surface area (Å²) >= 11 is 0. The van der Waals surface area contributed by atoms with Crippen molar-refractivity contribution < 1.29 is 63.5 Å². The van der Waals surface area contributed by atoms with Gasteiger partial charge in [0.05, 0.1) is 48.6 Å². The Morgan fingerprint density at radius 3 is 2.31 bits per heavy atom. The van der Waals surface area contributed by atoms with E-state index in [0.717, 1.165) is 6.29 Å².